The summed E-state index contributed by atoms with van der Waals surface area (Å²) in [7, 11) is -3.95. The Morgan fingerprint density at radius 3 is 2.60 bits per heavy atom. The summed E-state index contributed by atoms with van der Waals surface area (Å²) >= 11 is 0. The topological polar surface area (TPSA) is 89.3 Å². The molecule has 1 aliphatic rings. The quantitative estimate of drug-likeness (QED) is 0.880. The van der Waals surface area contributed by atoms with Crippen LogP contribution < -0.4 is 10.5 Å². The Balaban J connectivity index is 2.12. The highest BCUT2D eigenvalue weighted by molar-refractivity contribution is 7.89. The summed E-state index contributed by atoms with van der Waals surface area (Å²) in [5.74, 6) is -0.954. The summed E-state index contributed by atoms with van der Waals surface area (Å²) in [6, 6.07) is 2.94. The number of nitrogens with two attached hydrogens (primary N) is 1. The van der Waals surface area contributed by atoms with E-state index in [4.69, 9.17) is 5.14 Å². The number of carbonyl (C=O) groups excluding carboxylic acids is 1. The lowest BCUT2D eigenvalue weighted by Gasteiger charge is -2.11. The highest BCUT2D eigenvalue weighted by Crippen LogP contribution is 2.24. The molecular weight excluding hydrogens is 283 g/mol. The van der Waals surface area contributed by atoms with Crippen molar-refractivity contribution in [3.63, 3.8) is 0 Å². The number of halogens is 1. The van der Waals surface area contributed by atoms with Crippen molar-refractivity contribution >= 4 is 15.9 Å². The van der Waals surface area contributed by atoms with Crippen LogP contribution in [-0.2, 0) is 10.0 Å². The molecule has 1 saturated carbocycles. The van der Waals surface area contributed by atoms with Gasteiger partial charge in [0.15, 0.2) is 0 Å². The zero-order valence-electron chi connectivity index (χ0n) is 10.9. The Morgan fingerprint density at radius 1 is 1.35 bits per heavy atom. The average Bonchev–Trinajstić information content (AvgIpc) is 2.88. The van der Waals surface area contributed by atoms with Crippen molar-refractivity contribution in [3.8, 4) is 0 Å². The summed E-state index contributed by atoms with van der Waals surface area (Å²) in [5.41, 5.74) is -0.297. The van der Waals surface area contributed by atoms with Gasteiger partial charge in [-0.05, 0) is 37.0 Å². The smallest absolute Gasteiger partial charge is 0.254 e. The fourth-order valence-electron chi connectivity index (χ4n) is 2.40. The molecule has 3 N–H and O–H groups in total. The van der Waals surface area contributed by atoms with Gasteiger partial charge in [0.05, 0.1) is 10.5 Å². The molecule has 0 unspecified atom stereocenters. The van der Waals surface area contributed by atoms with Gasteiger partial charge in [-0.15, -0.1) is 0 Å². The second-order valence-electron chi connectivity index (χ2n) is 5.05. The molecule has 20 heavy (non-hydrogen) atoms. The first-order chi connectivity index (χ1) is 9.38. The van der Waals surface area contributed by atoms with Crippen LogP contribution in [0, 0.1) is 11.7 Å². The SMILES string of the molecule is NS(=O)(=O)c1ccc(F)c(C(=O)NCC2CCCC2)c1. The lowest BCUT2D eigenvalue weighted by Crippen LogP contribution is -2.29. The van der Waals surface area contributed by atoms with Crippen LogP contribution in [0.4, 0.5) is 4.39 Å². The Morgan fingerprint density at radius 2 is 2.00 bits per heavy atom. The maximum Gasteiger partial charge on any atom is 0.254 e. The molecule has 7 heteroatoms. The number of sulfonamides is 1. The molecule has 0 saturated heterocycles. The van der Waals surface area contributed by atoms with Crippen molar-refractivity contribution < 1.29 is 17.6 Å². The van der Waals surface area contributed by atoms with Crippen LogP contribution in [0.25, 0.3) is 0 Å². The van der Waals surface area contributed by atoms with Gasteiger partial charge in [-0.1, -0.05) is 12.8 Å². The minimum absolute atomic E-state index is 0.273. The zero-order chi connectivity index (χ0) is 14.8. The summed E-state index contributed by atoms with van der Waals surface area (Å²) in [6.07, 6.45) is 4.41. The monoisotopic (exact) mass is 300 g/mol. The Bertz CT molecular complexity index is 610. The molecule has 0 bridgehead atoms. The Labute approximate surface area is 117 Å². The number of amides is 1. The summed E-state index contributed by atoms with van der Waals surface area (Å²) in [6.45, 7) is 0.484. The van der Waals surface area contributed by atoms with E-state index in [9.17, 15) is 17.6 Å². The maximum atomic E-state index is 13.6. The third kappa shape index (κ3) is 3.55. The zero-order valence-corrected chi connectivity index (χ0v) is 11.7. The van der Waals surface area contributed by atoms with Gasteiger partial charge in [-0.2, -0.15) is 0 Å². The molecule has 5 nitrogen and oxygen atoms in total. The van der Waals surface area contributed by atoms with Crippen LogP contribution >= 0.6 is 0 Å². The minimum atomic E-state index is -3.95. The molecule has 0 heterocycles. The van der Waals surface area contributed by atoms with Crippen LogP contribution in [0.2, 0.25) is 0 Å². The molecule has 0 aliphatic heterocycles. The van der Waals surface area contributed by atoms with Crippen molar-refractivity contribution in [2.45, 2.75) is 30.6 Å². The fraction of sp³-hybridized carbons (Fsp3) is 0.462. The van der Waals surface area contributed by atoms with Gasteiger partial charge in [-0.3, -0.25) is 4.79 Å². The van der Waals surface area contributed by atoms with Crippen LogP contribution in [0.1, 0.15) is 36.0 Å². The molecule has 1 aromatic rings. The van der Waals surface area contributed by atoms with Gasteiger partial charge < -0.3 is 5.32 Å². The van der Waals surface area contributed by atoms with Gasteiger partial charge in [0.1, 0.15) is 5.82 Å². The Kier molecular flexibility index (Phi) is 4.39. The number of nitrogens with one attached hydrogen (secondary N) is 1. The molecule has 1 aromatic carbocycles. The van der Waals surface area contributed by atoms with E-state index in [0.717, 1.165) is 43.9 Å². The minimum Gasteiger partial charge on any atom is -0.352 e. The normalized spacial score (nSPS) is 16.3. The van der Waals surface area contributed by atoms with Gasteiger partial charge in [-0.25, -0.2) is 17.9 Å². The van der Waals surface area contributed by atoms with Crippen LogP contribution in [0.15, 0.2) is 23.1 Å². The van der Waals surface area contributed by atoms with E-state index >= 15 is 0 Å². The Hall–Kier alpha value is -1.47. The highest BCUT2D eigenvalue weighted by atomic mass is 32.2. The predicted molar refractivity (Wildman–Crippen MR) is 72.1 cm³/mol. The van der Waals surface area contributed by atoms with E-state index in [0.29, 0.717) is 12.5 Å². The summed E-state index contributed by atoms with van der Waals surface area (Å²) in [5, 5.41) is 7.61. The third-order valence-electron chi connectivity index (χ3n) is 3.54. The van der Waals surface area contributed by atoms with Gasteiger partial charge in [0.2, 0.25) is 10.0 Å². The van der Waals surface area contributed by atoms with E-state index in [1.807, 2.05) is 0 Å². The molecule has 0 atom stereocenters. The molecule has 2 rings (SSSR count). The number of rotatable bonds is 4. The first-order valence-corrected chi connectivity index (χ1v) is 8.03. The number of hydrogen-bond donors (Lipinski definition) is 2. The largest absolute Gasteiger partial charge is 0.352 e. The van der Waals surface area contributed by atoms with Crippen LogP contribution in [-0.4, -0.2) is 20.9 Å². The molecule has 0 radical (unpaired) electrons. The van der Waals surface area contributed by atoms with Gasteiger partial charge in [0, 0.05) is 6.54 Å². The maximum absolute atomic E-state index is 13.6. The van der Waals surface area contributed by atoms with E-state index in [1.54, 1.807) is 0 Å². The number of carbonyl (C=O) groups is 1. The first kappa shape index (κ1) is 14.9. The predicted octanol–water partition coefficient (Wildman–Crippen LogP) is 1.39. The number of hydrogen-bond acceptors (Lipinski definition) is 3. The van der Waals surface area contributed by atoms with Gasteiger partial charge in [0.25, 0.3) is 5.91 Å². The van der Waals surface area contributed by atoms with Crippen molar-refractivity contribution in [2.24, 2.45) is 11.1 Å². The van der Waals surface area contributed by atoms with E-state index in [1.165, 1.54) is 0 Å². The van der Waals surface area contributed by atoms with E-state index in [-0.39, 0.29) is 10.5 Å². The van der Waals surface area contributed by atoms with E-state index < -0.39 is 21.7 Å². The molecule has 0 spiro atoms. The van der Waals surface area contributed by atoms with E-state index in [2.05, 4.69) is 5.32 Å². The second kappa shape index (κ2) is 5.88. The lowest BCUT2D eigenvalue weighted by atomic mass is 10.1. The molecule has 1 aliphatic carbocycles. The van der Waals surface area contributed by atoms with Gasteiger partial charge >= 0.3 is 0 Å². The third-order valence-corrected chi connectivity index (χ3v) is 4.45. The molecule has 1 amide bonds. The van der Waals surface area contributed by atoms with Crippen LogP contribution in [0.3, 0.4) is 0 Å². The van der Waals surface area contributed by atoms with Crippen molar-refractivity contribution in [1.29, 1.82) is 0 Å². The average molecular weight is 300 g/mol. The van der Waals surface area contributed by atoms with Crippen molar-refractivity contribution in [2.75, 3.05) is 6.54 Å². The molecular formula is C13H17FN2O3S. The number of primary sulfonamides is 1. The molecule has 110 valence electrons. The standard InChI is InChI=1S/C13H17FN2O3S/c14-12-6-5-10(20(15,18)19)7-11(12)13(17)16-8-9-3-1-2-4-9/h5-7,9H,1-4,8H2,(H,16,17)(H2,15,18,19). The van der Waals surface area contributed by atoms with Crippen molar-refractivity contribution in [1.82, 2.24) is 5.32 Å². The second-order valence-corrected chi connectivity index (χ2v) is 6.61. The molecule has 1 fully saturated rings. The highest BCUT2D eigenvalue weighted by Gasteiger charge is 2.19. The fourth-order valence-corrected chi connectivity index (χ4v) is 2.94. The van der Waals surface area contributed by atoms with Crippen LogP contribution in [0.5, 0.6) is 0 Å². The summed E-state index contributed by atoms with van der Waals surface area (Å²) < 4.78 is 36.0. The summed E-state index contributed by atoms with van der Waals surface area (Å²) in [4.78, 5) is 11.6. The van der Waals surface area contributed by atoms with Crippen molar-refractivity contribution in [3.05, 3.63) is 29.6 Å². The number of benzene rings is 1. The lowest BCUT2D eigenvalue weighted by molar-refractivity contribution is 0.0943. The first-order valence-electron chi connectivity index (χ1n) is 6.48. The molecule has 0 aromatic heterocycles.